The van der Waals surface area contributed by atoms with Gasteiger partial charge in [-0.2, -0.15) is 4.31 Å². The fraction of sp³-hybridized carbons (Fsp3) is 0.364. The predicted octanol–water partition coefficient (Wildman–Crippen LogP) is 2.59. The molecular weight excluding hydrogens is 358 g/mol. The number of hydrogen-bond donors (Lipinski definition) is 1. The zero-order chi connectivity index (χ0) is 14.6. The van der Waals surface area contributed by atoms with Gasteiger partial charge in [0.2, 0.25) is 10.0 Å². The molecule has 106 valence electrons. The summed E-state index contributed by atoms with van der Waals surface area (Å²) in [6, 6.07) is 4.45. The van der Waals surface area contributed by atoms with E-state index in [0.29, 0.717) is 4.47 Å². The summed E-state index contributed by atoms with van der Waals surface area (Å²) in [5, 5.41) is 8.73. The molecule has 0 aromatic heterocycles. The van der Waals surface area contributed by atoms with Gasteiger partial charge in [-0.3, -0.25) is 4.79 Å². The van der Waals surface area contributed by atoms with Crippen molar-refractivity contribution in [3.8, 4) is 0 Å². The highest BCUT2D eigenvalue weighted by atomic mass is 79.9. The largest absolute Gasteiger partial charge is 0.481 e. The molecule has 19 heavy (non-hydrogen) atoms. The van der Waals surface area contributed by atoms with E-state index in [1.54, 1.807) is 13.0 Å². The number of halogens is 2. The number of hydrogen-bond acceptors (Lipinski definition) is 3. The van der Waals surface area contributed by atoms with Gasteiger partial charge in [0.15, 0.2) is 0 Å². The third-order valence-electron chi connectivity index (χ3n) is 2.44. The smallest absolute Gasteiger partial charge is 0.304 e. The Morgan fingerprint density at radius 1 is 1.47 bits per heavy atom. The molecule has 0 unspecified atom stereocenters. The number of carboxylic acids is 1. The van der Waals surface area contributed by atoms with E-state index in [9.17, 15) is 13.2 Å². The van der Waals surface area contributed by atoms with Gasteiger partial charge in [-0.05, 0) is 18.2 Å². The standard InChI is InChI=1S/C11H13BrClNO4S/c1-2-14(6-5-11(15)16)19(17,18)10-4-3-8(12)7-9(10)13/h3-4,7H,2,5-6H2,1H3,(H,15,16). The summed E-state index contributed by atoms with van der Waals surface area (Å²) in [6.07, 6.45) is -0.249. The fourth-order valence-electron chi connectivity index (χ4n) is 1.49. The summed E-state index contributed by atoms with van der Waals surface area (Å²) < 4.78 is 26.4. The van der Waals surface area contributed by atoms with Gasteiger partial charge in [-0.25, -0.2) is 8.42 Å². The second-order valence-electron chi connectivity index (χ2n) is 3.72. The first-order valence-corrected chi connectivity index (χ1v) is 8.07. The summed E-state index contributed by atoms with van der Waals surface area (Å²) >= 11 is 9.12. The molecule has 1 aromatic carbocycles. The molecule has 0 radical (unpaired) electrons. The van der Waals surface area contributed by atoms with Crippen molar-refractivity contribution >= 4 is 43.5 Å². The van der Waals surface area contributed by atoms with Crippen LogP contribution in [0.3, 0.4) is 0 Å². The van der Waals surface area contributed by atoms with Gasteiger partial charge in [0.05, 0.1) is 11.4 Å². The molecule has 1 N–H and O–H groups in total. The second kappa shape index (κ2) is 6.69. The number of rotatable bonds is 6. The van der Waals surface area contributed by atoms with Crippen molar-refractivity contribution in [2.45, 2.75) is 18.2 Å². The van der Waals surface area contributed by atoms with Crippen molar-refractivity contribution in [2.75, 3.05) is 13.1 Å². The molecule has 0 atom stereocenters. The maximum absolute atomic E-state index is 12.3. The van der Waals surface area contributed by atoms with Crippen molar-refractivity contribution in [1.82, 2.24) is 4.31 Å². The van der Waals surface area contributed by atoms with Crippen molar-refractivity contribution in [2.24, 2.45) is 0 Å². The molecule has 0 saturated carbocycles. The van der Waals surface area contributed by atoms with Gasteiger partial charge in [0, 0.05) is 17.6 Å². The average Bonchev–Trinajstić information content (AvgIpc) is 2.28. The van der Waals surface area contributed by atoms with Crippen LogP contribution in [0.1, 0.15) is 13.3 Å². The van der Waals surface area contributed by atoms with Crippen LogP contribution in [0.4, 0.5) is 0 Å². The van der Waals surface area contributed by atoms with Gasteiger partial charge in [-0.15, -0.1) is 0 Å². The van der Waals surface area contributed by atoms with E-state index < -0.39 is 16.0 Å². The van der Waals surface area contributed by atoms with E-state index in [1.807, 2.05) is 0 Å². The molecule has 0 amide bonds. The van der Waals surface area contributed by atoms with E-state index >= 15 is 0 Å². The molecule has 0 aliphatic heterocycles. The topological polar surface area (TPSA) is 74.7 Å². The Balaban J connectivity index is 3.09. The number of carbonyl (C=O) groups is 1. The van der Waals surface area contributed by atoms with Crippen LogP contribution in [0.2, 0.25) is 5.02 Å². The number of carboxylic acid groups (broad SMARTS) is 1. The lowest BCUT2D eigenvalue weighted by Crippen LogP contribution is -2.33. The lowest BCUT2D eigenvalue weighted by molar-refractivity contribution is -0.137. The molecule has 0 aliphatic carbocycles. The van der Waals surface area contributed by atoms with Crippen LogP contribution in [0, 0.1) is 0 Å². The van der Waals surface area contributed by atoms with Crippen LogP contribution in [0.25, 0.3) is 0 Å². The Kier molecular flexibility index (Phi) is 5.79. The summed E-state index contributed by atoms with van der Waals surface area (Å²) in [7, 11) is -3.78. The molecule has 5 nitrogen and oxygen atoms in total. The monoisotopic (exact) mass is 369 g/mol. The van der Waals surface area contributed by atoms with Crippen LogP contribution >= 0.6 is 27.5 Å². The molecule has 0 fully saturated rings. The summed E-state index contributed by atoms with van der Waals surface area (Å²) in [5.74, 6) is -1.05. The Bertz CT molecular complexity index is 576. The first kappa shape index (κ1) is 16.4. The third kappa shape index (κ3) is 4.17. The summed E-state index contributed by atoms with van der Waals surface area (Å²) in [5.41, 5.74) is 0. The third-order valence-corrected chi connectivity index (χ3v) is 5.39. The normalized spacial score (nSPS) is 11.8. The lowest BCUT2D eigenvalue weighted by Gasteiger charge is -2.20. The number of benzene rings is 1. The van der Waals surface area contributed by atoms with Crippen molar-refractivity contribution in [1.29, 1.82) is 0 Å². The highest BCUT2D eigenvalue weighted by Crippen LogP contribution is 2.27. The van der Waals surface area contributed by atoms with Gasteiger partial charge >= 0.3 is 5.97 Å². The molecular formula is C11H13BrClNO4S. The maximum Gasteiger partial charge on any atom is 0.304 e. The average molecular weight is 371 g/mol. The first-order valence-electron chi connectivity index (χ1n) is 5.46. The van der Waals surface area contributed by atoms with E-state index in [0.717, 1.165) is 4.31 Å². The number of aliphatic carboxylic acids is 1. The van der Waals surface area contributed by atoms with Crippen molar-refractivity contribution in [3.05, 3.63) is 27.7 Å². The first-order chi connectivity index (χ1) is 8.78. The quantitative estimate of drug-likeness (QED) is 0.835. The minimum atomic E-state index is -3.78. The van der Waals surface area contributed by atoms with E-state index in [1.165, 1.54) is 12.1 Å². The molecule has 0 aliphatic rings. The van der Waals surface area contributed by atoms with E-state index in [4.69, 9.17) is 16.7 Å². The van der Waals surface area contributed by atoms with Crippen molar-refractivity contribution in [3.63, 3.8) is 0 Å². The van der Waals surface area contributed by atoms with Crippen LogP contribution in [0.5, 0.6) is 0 Å². The molecule has 0 bridgehead atoms. The van der Waals surface area contributed by atoms with Crippen LogP contribution in [0.15, 0.2) is 27.6 Å². The lowest BCUT2D eigenvalue weighted by atomic mass is 10.4. The molecule has 0 spiro atoms. The predicted molar refractivity (Wildman–Crippen MR) is 75.8 cm³/mol. The maximum atomic E-state index is 12.3. The zero-order valence-corrected chi connectivity index (χ0v) is 13.3. The SMILES string of the molecule is CCN(CCC(=O)O)S(=O)(=O)c1ccc(Br)cc1Cl. The Morgan fingerprint density at radius 3 is 2.58 bits per heavy atom. The Hall–Kier alpha value is -0.630. The number of sulfonamides is 1. The van der Waals surface area contributed by atoms with Gasteiger partial charge in [-0.1, -0.05) is 34.5 Å². The fourth-order valence-corrected chi connectivity index (χ4v) is 3.95. The molecule has 8 heteroatoms. The molecule has 0 saturated heterocycles. The highest BCUT2D eigenvalue weighted by Gasteiger charge is 2.25. The minimum absolute atomic E-state index is 0.0235. The Morgan fingerprint density at radius 2 is 2.11 bits per heavy atom. The summed E-state index contributed by atoms with van der Waals surface area (Å²) in [6.45, 7) is 1.74. The Labute approximate surface area is 125 Å². The van der Waals surface area contributed by atoms with Crippen LogP contribution in [-0.2, 0) is 14.8 Å². The van der Waals surface area contributed by atoms with Gasteiger partial charge in [0.25, 0.3) is 0 Å². The van der Waals surface area contributed by atoms with Crippen LogP contribution in [-0.4, -0.2) is 36.9 Å². The van der Waals surface area contributed by atoms with E-state index in [2.05, 4.69) is 15.9 Å². The van der Waals surface area contributed by atoms with Gasteiger partial charge < -0.3 is 5.11 Å². The highest BCUT2D eigenvalue weighted by molar-refractivity contribution is 9.10. The molecule has 1 rings (SSSR count). The minimum Gasteiger partial charge on any atom is -0.481 e. The van der Waals surface area contributed by atoms with E-state index in [-0.39, 0.29) is 29.4 Å². The number of nitrogens with zero attached hydrogens (tertiary/aromatic N) is 1. The van der Waals surface area contributed by atoms with Crippen LogP contribution < -0.4 is 0 Å². The molecule has 1 aromatic rings. The van der Waals surface area contributed by atoms with Crippen molar-refractivity contribution < 1.29 is 18.3 Å². The second-order valence-corrected chi connectivity index (χ2v) is 6.94. The zero-order valence-electron chi connectivity index (χ0n) is 10.1. The summed E-state index contributed by atoms with van der Waals surface area (Å²) in [4.78, 5) is 10.5. The van der Waals surface area contributed by atoms with Gasteiger partial charge in [0.1, 0.15) is 4.90 Å². The molecule has 0 heterocycles.